The van der Waals surface area contributed by atoms with Gasteiger partial charge in [0.05, 0.1) is 6.04 Å². The number of hydrogen-bond acceptors (Lipinski definition) is 1. The van der Waals surface area contributed by atoms with Crippen LogP contribution in [0.1, 0.15) is 32.4 Å². The zero-order chi connectivity index (χ0) is 13.0. The third kappa shape index (κ3) is 4.70. The van der Waals surface area contributed by atoms with E-state index in [0.717, 1.165) is 5.56 Å². The minimum absolute atomic E-state index is 0.0403. The maximum absolute atomic E-state index is 6.13. The standard InChI is InChI=1S/C12H16Cl2N2S/c1-7(2)15-12(17)16-8(3)10-5-4-9(13)6-11(10)14/h4-8H,1-3H3,(H2,15,16,17). The first-order valence-electron chi connectivity index (χ1n) is 5.42. The van der Waals surface area contributed by atoms with Gasteiger partial charge in [0.25, 0.3) is 0 Å². The van der Waals surface area contributed by atoms with E-state index in [1.54, 1.807) is 6.07 Å². The second-order valence-electron chi connectivity index (χ2n) is 4.16. The molecule has 0 aliphatic carbocycles. The van der Waals surface area contributed by atoms with Crippen molar-refractivity contribution in [2.24, 2.45) is 0 Å². The average Bonchev–Trinajstić information content (AvgIpc) is 2.15. The zero-order valence-electron chi connectivity index (χ0n) is 10.1. The van der Waals surface area contributed by atoms with E-state index >= 15 is 0 Å². The Morgan fingerprint density at radius 2 is 1.82 bits per heavy atom. The van der Waals surface area contributed by atoms with E-state index in [1.807, 2.05) is 32.9 Å². The molecule has 0 amide bonds. The monoisotopic (exact) mass is 290 g/mol. The highest BCUT2D eigenvalue weighted by molar-refractivity contribution is 7.80. The number of nitrogens with one attached hydrogen (secondary N) is 2. The third-order valence-electron chi connectivity index (χ3n) is 2.20. The van der Waals surface area contributed by atoms with Gasteiger partial charge in [-0.2, -0.15) is 0 Å². The number of rotatable bonds is 3. The Bertz CT molecular complexity index is 407. The zero-order valence-corrected chi connectivity index (χ0v) is 12.4. The smallest absolute Gasteiger partial charge is 0.166 e. The molecule has 1 unspecified atom stereocenters. The highest BCUT2D eigenvalue weighted by Gasteiger charge is 2.11. The Hall–Kier alpha value is -0.510. The molecule has 2 N–H and O–H groups in total. The van der Waals surface area contributed by atoms with Gasteiger partial charge in [0.1, 0.15) is 0 Å². The van der Waals surface area contributed by atoms with Crippen molar-refractivity contribution in [3.05, 3.63) is 33.8 Å². The number of thiocarbonyl (C=S) groups is 1. The second-order valence-corrected chi connectivity index (χ2v) is 5.41. The van der Waals surface area contributed by atoms with Crippen molar-refractivity contribution >= 4 is 40.5 Å². The molecular weight excluding hydrogens is 275 g/mol. The van der Waals surface area contributed by atoms with E-state index < -0.39 is 0 Å². The van der Waals surface area contributed by atoms with Crippen LogP contribution in [0.3, 0.4) is 0 Å². The molecule has 0 aliphatic rings. The van der Waals surface area contributed by atoms with Gasteiger partial charge in [0.2, 0.25) is 0 Å². The van der Waals surface area contributed by atoms with Crippen LogP contribution in [0.25, 0.3) is 0 Å². The maximum atomic E-state index is 6.13. The first-order chi connectivity index (χ1) is 7.90. The maximum Gasteiger partial charge on any atom is 0.166 e. The first kappa shape index (κ1) is 14.6. The molecule has 17 heavy (non-hydrogen) atoms. The van der Waals surface area contributed by atoms with Gasteiger partial charge in [0.15, 0.2) is 5.11 Å². The second kappa shape index (κ2) is 6.43. The fourth-order valence-electron chi connectivity index (χ4n) is 1.43. The summed E-state index contributed by atoms with van der Waals surface area (Å²) in [5.41, 5.74) is 0.976. The summed E-state index contributed by atoms with van der Waals surface area (Å²) >= 11 is 17.2. The summed E-state index contributed by atoms with van der Waals surface area (Å²) in [6, 6.07) is 5.80. The van der Waals surface area contributed by atoms with Crippen molar-refractivity contribution in [2.75, 3.05) is 0 Å². The summed E-state index contributed by atoms with van der Waals surface area (Å²) in [5.74, 6) is 0. The Labute approximate surface area is 118 Å². The summed E-state index contributed by atoms with van der Waals surface area (Å²) in [4.78, 5) is 0. The van der Waals surface area contributed by atoms with Gasteiger partial charge in [-0.1, -0.05) is 29.3 Å². The average molecular weight is 291 g/mol. The van der Waals surface area contributed by atoms with Crippen LogP contribution in [0.5, 0.6) is 0 Å². The molecule has 1 aromatic carbocycles. The van der Waals surface area contributed by atoms with Gasteiger partial charge in [-0.3, -0.25) is 0 Å². The molecule has 0 aliphatic heterocycles. The lowest BCUT2D eigenvalue weighted by atomic mass is 10.1. The largest absolute Gasteiger partial charge is 0.361 e. The molecule has 1 aromatic rings. The molecule has 94 valence electrons. The van der Waals surface area contributed by atoms with Crippen molar-refractivity contribution in [2.45, 2.75) is 32.9 Å². The number of halogens is 2. The lowest BCUT2D eigenvalue weighted by Gasteiger charge is -2.19. The fourth-order valence-corrected chi connectivity index (χ4v) is 2.42. The lowest BCUT2D eigenvalue weighted by Crippen LogP contribution is -2.40. The Kier molecular flexibility index (Phi) is 5.50. The molecule has 0 heterocycles. The predicted octanol–water partition coefficient (Wildman–Crippen LogP) is 3.93. The molecule has 0 saturated heterocycles. The molecule has 2 nitrogen and oxygen atoms in total. The molecule has 5 heteroatoms. The van der Waals surface area contributed by atoms with Crippen LogP contribution in [-0.4, -0.2) is 11.2 Å². The van der Waals surface area contributed by atoms with Gasteiger partial charge < -0.3 is 10.6 Å². The highest BCUT2D eigenvalue weighted by atomic mass is 35.5. The molecule has 0 radical (unpaired) electrons. The quantitative estimate of drug-likeness (QED) is 0.825. The highest BCUT2D eigenvalue weighted by Crippen LogP contribution is 2.25. The number of benzene rings is 1. The molecular formula is C12H16Cl2N2S. The van der Waals surface area contributed by atoms with Crippen LogP contribution < -0.4 is 10.6 Å². The van der Waals surface area contributed by atoms with Crippen molar-refractivity contribution in [1.29, 1.82) is 0 Å². The van der Waals surface area contributed by atoms with Crippen molar-refractivity contribution in [3.8, 4) is 0 Å². The minimum atomic E-state index is 0.0403. The summed E-state index contributed by atoms with van der Waals surface area (Å²) < 4.78 is 0. The first-order valence-corrected chi connectivity index (χ1v) is 6.58. The van der Waals surface area contributed by atoms with E-state index in [9.17, 15) is 0 Å². The summed E-state index contributed by atoms with van der Waals surface area (Å²) in [5, 5.41) is 8.21. The van der Waals surface area contributed by atoms with Crippen LogP contribution in [0, 0.1) is 0 Å². The normalized spacial score (nSPS) is 12.4. The summed E-state index contributed by atoms with van der Waals surface area (Å²) in [6.07, 6.45) is 0. The van der Waals surface area contributed by atoms with Gasteiger partial charge in [-0.15, -0.1) is 0 Å². The van der Waals surface area contributed by atoms with Gasteiger partial charge in [-0.25, -0.2) is 0 Å². The van der Waals surface area contributed by atoms with Gasteiger partial charge in [0, 0.05) is 16.1 Å². The van der Waals surface area contributed by atoms with Crippen molar-refractivity contribution in [1.82, 2.24) is 10.6 Å². The molecule has 0 saturated carbocycles. The topological polar surface area (TPSA) is 24.1 Å². The van der Waals surface area contributed by atoms with Gasteiger partial charge in [-0.05, 0) is 50.7 Å². The van der Waals surface area contributed by atoms with Crippen LogP contribution >= 0.6 is 35.4 Å². The van der Waals surface area contributed by atoms with Crippen LogP contribution in [0.2, 0.25) is 10.0 Å². The van der Waals surface area contributed by atoms with Crippen molar-refractivity contribution < 1.29 is 0 Å². The van der Waals surface area contributed by atoms with Crippen LogP contribution in [-0.2, 0) is 0 Å². The molecule has 0 bridgehead atoms. The predicted molar refractivity (Wildman–Crippen MR) is 78.9 cm³/mol. The van der Waals surface area contributed by atoms with Crippen LogP contribution in [0.15, 0.2) is 18.2 Å². The van der Waals surface area contributed by atoms with E-state index in [-0.39, 0.29) is 6.04 Å². The molecule has 0 fully saturated rings. The van der Waals surface area contributed by atoms with E-state index in [0.29, 0.717) is 21.2 Å². The van der Waals surface area contributed by atoms with E-state index in [2.05, 4.69) is 10.6 Å². The SMILES string of the molecule is CC(C)NC(=S)NC(C)c1ccc(Cl)cc1Cl. The third-order valence-corrected chi connectivity index (χ3v) is 2.99. The Balaban J connectivity index is 2.69. The molecule has 1 atom stereocenters. The van der Waals surface area contributed by atoms with Crippen LogP contribution in [0.4, 0.5) is 0 Å². The Morgan fingerprint density at radius 1 is 1.18 bits per heavy atom. The van der Waals surface area contributed by atoms with Gasteiger partial charge >= 0.3 is 0 Å². The molecule has 1 rings (SSSR count). The number of hydrogen-bond donors (Lipinski definition) is 2. The fraction of sp³-hybridized carbons (Fsp3) is 0.417. The van der Waals surface area contributed by atoms with E-state index in [1.165, 1.54) is 0 Å². The lowest BCUT2D eigenvalue weighted by molar-refractivity contribution is 0.664. The Morgan fingerprint density at radius 3 is 2.35 bits per heavy atom. The summed E-state index contributed by atoms with van der Waals surface area (Å²) in [7, 11) is 0. The minimum Gasteiger partial charge on any atom is -0.361 e. The summed E-state index contributed by atoms with van der Waals surface area (Å²) in [6.45, 7) is 6.07. The molecule has 0 spiro atoms. The molecule has 0 aromatic heterocycles. The van der Waals surface area contributed by atoms with Crippen molar-refractivity contribution in [3.63, 3.8) is 0 Å². The van der Waals surface area contributed by atoms with E-state index in [4.69, 9.17) is 35.4 Å².